The zero-order chi connectivity index (χ0) is 13.4. The molecule has 0 aliphatic rings. The molecular formula is C15H21NO2. The summed E-state index contributed by atoms with van der Waals surface area (Å²) in [6.45, 7) is 7.04. The lowest BCUT2D eigenvalue weighted by Crippen LogP contribution is -2.22. The predicted octanol–water partition coefficient (Wildman–Crippen LogP) is 1.88. The molecule has 0 heterocycles. The topological polar surface area (TPSA) is 32.7 Å². The fraction of sp³-hybridized carbons (Fsp3) is 0.467. The monoisotopic (exact) mass is 247 g/mol. The molecule has 3 heteroatoms. The van der Waals surface area contributed by atoms with Gasteiger partial charge in [0.05, 0.1) is 7.11 Å². The summed E-state index contributed by atoms with van der Waals surface area (Å²) >= 11 is 0. The summed E-state index contributed by atoms with van der Waals surface area (Å²) in [5.41, 5.74) is 2.04. The van der Waals surface area contributed by atoms with E-state index in [4.69, 9.17) is 9.84 Å². The van der Waals surface area contributed by atoms with E-state index in [1.54, 1.807) is 7.11 Å². The maximum absolute atomic E-state index is 8.71. The number of hydrogen-bond donors (Lipinski definition) is 1. The molecule has 1 aromatic carbocycles. The van der Waals surface area contributed by atoms with Crippen molar-refractivity contribution in [3.05, 3.63) is 29.3 Å². The second-order valence-corrected chi connectivity index (χ2v) is 3.95. The molecule has 0 spiro atoms. The molecule has 0 aliphatic carbocycles. The van der Waals surface area contributed by atoms with Gasteiger partial charge in [-0.1, -0.05) is 25.7 Å². The molecule has 3 nitrogen and oxygen atoms in total. The number of nitrogens with zero attached hydrogens (tertiary/aromatic N) is 1. The molecule has 1 rings (SSSR count). The number of rotatable bonds is 5. The summed E-state index contributed by atoms with van der Waals surface area (Å²) in [6.07, 6.45) is 0. The molecule has 18 heavy (non-hydrogen) atoms. The fourth-order valence-corrected chi connectivity index (χ4v) is 1.81. The van der Waals surface area contributed by atoms with Crippen molar-refractivity contribution in [1.29, 1.82) is 0 Å². The van der Waals surface area contributed by atoms with Crippen LogP contribution < -0.4 is 4.74 Å². The zero-order valence-corrected chi connectivity index (χ0v) is 11.4. The number of ether oxygens (including phenoxy) is 1. The minimum absolute atomic E-state index is 0.114. The van der Waals surface area contributed by atoms with Crippen LogP contribution in [0.3, 0.4) is 0 Å². The SMILES string of the molecule is CCN(CC)Cc1cc(C#CCO)ccc1OC. The molecule has 0 fully saturated rings. The number of hydrogen-bond acceptors (Lipinski definition) is 3. The van der Waals surface area contributed by atoms with Gasteiger partial charge in [0.15, 0.2) is 0 Å². The molecule has 0 aromatic heterocycles. The Morgan fingerprint density at radius 2 is 2.00 bits per heavy atom. The van der Waals surface area contributed by atoms with Gasteiger partial charge in [0.2, 0.25) is 0 Å². The minimum atomic E-state index is -0.114. The van der Waals surface area contributed by atoms with Gasteiger partial charge in [-0.05, 0) is 31.3 Å². The molecule has 1 N–H and O–H groups in total. The third-order valence-electron chi connectivity index (χ3n) is 2.88. The van der Waals surface area contributed by atoms with E-state index in [0.717, 1.165) is 36.5 Å². The highest BCUT2D eigenvalue weighted by atomic mass is 16.5. The second kappa shape index (κ2) is 7.75. The van der Waals surface area contributed by atoms with Crippen LogP contribution in [0.1, 0.15) is 25.0 Å². The Bertz CT molecular complexity index is 428. The Hall–Kier alpha value is -1.50. The molecule has 0 aliphatic heterocycles. The van der Waals surface area contributed by atoms with Gasteiger partial charge in [0.25, 0.3) is 0 Å². The van der Waals surface area contributed by atoms with E-state index in [-0.39, 0.29) is 6.61 Å². The molecule has 0 saturated carbocycles. The lowest BCUT2D eigenvalue weighted by Gasteiger charge is -2.19. The number of benzene rings is 1. The van der Waals surface area contributed by atoms with Crippen molar-refractivity contribution in [1.82, 2.24) is 4.90 Å². The van der Waals surface area contributed by atoms with E-state index >= 15 is 0 Å². The fourth-order valence-electron chi connectivity index (χ4n) is 1.81. The van der Waals surface area contributed by atoms with Gasteiger partial charge in [-0.15, -0.1) is 0 Å². The molecule has 98 valence electrons. The van der Waals surface area contributed by atoms with Gasteiger partial charge < -0.3 is 9.84 Å². The van der Waals surface area contributed by atoms with Crippen molar-refractivity contribution in [3.8, 4) is 17.6 Å². The summed E-state index contributed by atoms with van der Waals surface area (Å²) in [6, 6.07) is 5.87. The van der Waals surface area contributed by atoms with Crippen LogP contribution in [0.5, 0.6) is 5.75 Å². The van der Waals surface area contributed by atoms with Crippen molar-refractivity contribution >= 4 is 0 Å². The Balaban J connectivity index is 2.98. The highest BCUT2D eigenvalue weighted by Gasteiger charge is 2.07. The van der Waals surface area contributed by atoms with Crippen LogP contribution >= 0.6 is 0 Å². The lowest BCUT2D eigenvalue weighted by atomic mass is 10.1. The van der Waals surface area contributed by atoms with Gasteiger partial charge in [-0.25, -0.2) is 0 Å². The highest BCUT2D eigenvalue weighted by Crippen LogP contribution is 2.21. The van der Waals surface area contributed by atoms with Crippen molar-refractivity contribution < 1.29 is 9.84 Å². The number of methoxy groups -OCH3 is 1. The van der Waals surface area contributed by atoms with E-state index in [1.807, 2.05) is 18.2 Å². The predicted molar refractivity (Wildman–Crippen MR) is 73.6 cm³/mol. The normalized spacial score (nSPS) is 10.1. The standard InChI is InChI=1S/C15H21NO2/c1-4-16(5-2)12-14-11-13(7-6-10-17)8-9-15(14)18-3/h8-9,11,17H,4-5,10,12H2,1-3H3. The van der Waals surface area contributed by atoms with Crippen molar-refractivity contribution in [2.45, 2.75) is 20.4 Å². The van der Waals surface area contributed by atoms with Crippen LogP contribution in [0.25, 0.3) is 0 Å². The minimum Gasteiger partial charge on any atom is -0.496 e. The molecule has 1 aromatic rings. The molecule has 0 saturated heterocycles. The van der Waals surface area contributed by atoms with Crippen molar-refractivity contribution in [2.24, 2.45) is 0 Å². The largest absolute Gasteiger partial charge is 0.496 e. The van der Waals surface area contributed by atoms with E-state index in [1.165, 1.54) is 0 Å². The first-order valence-corrected chi connectivity index (χ1v) is 6.24. The van der Waals surface area contributed by atoms with Gasteiger partial charge in [-0.2, -0.15) is 0 Å². The van der Waals surface area contributed by atoms with Crippen LogP contribution in [0.4, 0.5) is 0 Å². The van der Waals surface area contributed by atoms with E-state index < -0.39 is 0 Å². The molecule has 0 bridgehead atoms. The lowest BCUT2D eigenvalue weighted by molar-refractivity contribution is 0.289. The van der Waals surface area contributed by atoms with E-state index in [0.29, 0.717) is 0 Å². The summed E-state index contributed by atoms with van der Waals surface area (Å²) in [7, 11) is 1.68. The first kappa shape index (κ1) is 14.6. The van der Waals surface area contributed by atoms with Gasteiger partial charge in [0.1, 0.15) is 12.4 Å². The maximum Gasteiger partial charge on any atom is 0.123 e. The van der Waals surface area contributed by atoms with Crippen LogP contribution in [0.2, 0.25) is 0 Å². The van der Waals surface area contributed by atoms with Crippen molar-refractivity contribution in [3.63, 3.8) is 0 Å². The smallest absolute Gasteiger partial charge is 0.123 e. The van der Waals surface area contributed by atoms with Crippen molar-refractivity contribution in [2.75, 3.05) is 26.8 Å². The number of aliphatic hydroxyl groups excluding tert-OH is 1. The molecule has 0 amide bonds. The average Bonchev–Trinajstić information content (AvgIpc) is 2.42. The quantitative estimate of drug-likeness (QED) is 0.806. The summed E-state index contributed by atoms with van der Waals surface area (Å²) in [5, 5.41) is 8.71. The van der Waals surface area contributed by atoms with Crippen LogP contribution in [0.15, 0.2) is 18.2 Å². The average molecular weight is 247 g/mol. The van der Waals surface area contributed by atoms with Gasteiger partial charge in [0, 0.05) is 17.7 Å². The molecule has 0 atom stereocenters. The van der Waals surface area contributed by atoms with Crippen LogP contribution in [-0.4, -0.2) is 36.8 Å². The Kier molecular flexibility index (Phi) is 6.27. The Morgan fingerprint density at radius 3 is 2.56 bits per heavy atom. The number of aliphatic hydroxyl groups is 1. The molecular weight excluding hydrogens is 226 g/mol. The van der Waals surface area contributed by atoms with Gasteiger partial charge >= 0.3 is 0 Å². The Labute approximate surface area is 109 Å². The summed E-state index contributed by atoms with van der Waals surface area (Å²) in [5.74, 6) is 6.47. The van der Waals surface area contributed by atoms with E-state index in [2.05, 4.69) is 30.6 Å². The highest BCUT2D eigenvalue weighted by molar-refractivity contribution is 5.44. The molecule has 0 unspecified atom stereocenters. The van der Waals surface area contributed by atoms with E-state index in [9.17, 15) is 0 Å². The maximum atomic E-state index is 8.71. The molecule has 0 radical (unpaired) electrons. The first-order valence-electron chi connectivity index (χ1n) is 6.24. The van der Waals surface area contributed by atoms with Crippen LogP contribution in [0, 0.1) is 11.8 Å². The van der Waals surface area contributed by atoms with Gasteiger partial charge in [-0.3, -0.25) is 4.90 Å². The van der Waals surface area contributed by atoms with Crippen LogP contribution in [-0.2, 0) is 6.54 Å². The third-order valence-corrected chi connectivity index (χ3v) is 2.88. The zero-order valence-electron chi connectivity index (χ0n) is 11.4. The third kappa shape index (κ3) is 4.06. The second-order valence-electron chi connectivity index (χ2n) is 3.95. The summed E-state index contributed by atoms with van der Waals surface area (Å²) in [4.78, 5) is 2.32. The first-order chi connectivity index (χ1) is 8.74. The summed E-state index contributed by atoms with van der Waals surface area (Å²) < 4.78 is 5.37. The Morgan fingerprint density at radius 1 is 1.28 bits per heavy atom.